The molecule has 0 radical (unpaired) electrons. The number of nitrogens with one attached hydrogen (secondary N) is 1. The summed E-state index contributed by atoms with van der Waals surface area (Å²) in [7, 11) is 0. The first-order chi connectivity index (χ1) is 8.15. The van der Waals surface area contributed by atoms with Gasteiger partial charge in [-0.05, 0) is 36.3 Å². The monoisotopic (exact) mass is 253 g/mol. The minimum atomic E-state index is 0.572. The summed E-state index contributed by atoms with van der Waals surface area (Å²) in [5, 5.41) is 5.83. The van der Waals surface area contributed by atoms with Gasteiger partial charge in [0, 0.05) is 17.5 Å². The third-order valence-electron chi connectivity index (χ3n) is 3.20. The topological polar surface area (TPSA) is 12.0 Å². The van der Waals surface area contributed by atoms with Crippen molar-refractivity contribution in [2.45, 2.75) is 72.4 Å². The Morgan fingerprint density at radius 3 is 2.65 bits per heavy atom. The van der Waals surface area contributed by atoms with Crippen LogP contribution in [0.15, 0.2) is 5.38 Å². The summed E-state index contributed by atoms with van der Waals surface area (Å²) < 4.78 is 0. The van der Waals surface area contributed by atoms with Gasteiger partial charge in [0.15, 0.2) is 0 Å². The van der Waals surface area contributed by atoms with Crippen LogP contribution in [-0.2, 0) is 13.0 Å². The van der Waals surface area contributed by atoms with Crippen molar-refractivity contribution in [3.8, 4) is 0 Å². The summed E-state index contributed by atoms with van der Waals surface area (Å²) in [6, 6.07) is 0.572. The highest BCUT2D eigenvalue weighted by Gasteiger charge is 2.07. The molecule has 1 heterocycles. The first-order valence-corrected chi connectivity index (χ1v) is 7.82. The highest BCUT2D eigenvalue weighted by Crippen LogP contribution is 2.24. The van der Waals surface area contributed by atoms with Crippen molar-refractivity contribution in [2.24, 2.45) is 0 Å². The zero-order valence-electron chi connectivity index (χ0n) is 11.8. The molecule has 0 atom stereocenters. The minimum absolute atomic E-state index is 0.572. The van der Waals surface area contributed by atoms with E-state index in [9.17, 15) is 0 Å². The van der Waals surface area contributed by atoms with Gasteiger partial charge in [0.05, 0.1) is 0 Å². The normalized spacial score (nSPS) is 11.4. The smallest absolute Gasteiger partial charge is 0.0218 e. The molecule has 0 saturated heterocycles. The fourth-order valence-corrected chi connectivity index (χ4v) is 3.06. The molecule has 98 valence electrons. The second-order valence-corrected chi connectivity index (χ2v) is 6.12. The van der Waals surface area contributed by atoms with Gasteiger partial charge in [-0.25, -0.2) is 0 Å². The largest absolute Gasteiger partial charge is 0.310 e. The molecule has 0 amide bonds. The molecular formula is C15H27NS. The maximum atomic E-state index is 3.50. The first-order valence-electron chi connectivity index (χ1n) is 6.94. The molecule has 17 heavy (non-hydrogen) atoms. The lowest BCUT2D eigenvalue weighted by molar-refractivity contribution is 0.588. The summed E-state index contributed by atoms with van der Waals surface area (Å²) in [5.41, 5.74) is 3.02. The first kappa shape index (κ1) is 14.7. The van der Waals surface area contributed by atoms with Crippen molar-refractivity contribution in [1.82, 2.24) is 5.32 Å². The Hall–Kier alpha value is -0.340. The van der Waals surface area contributed by atoms with Gasteiger partial charge in [-0.2, -0.15) is 0 Å². The summed E-state index contributed by atoms with van der Waals surface area (Å²) >= 11 is 1.95. The van der Waals surface area contributed by atoms with E-state index in [0.717, 1.165) is 6.54 Å². The second-order valence-electron chi connectivity index (χ2n) is 5.16. The van der Waals surface area contributed by atoms with E-state index in [0.29, 0.717) is 6.04 Å². The Balaban J connectivity index is 2.40. The standard InChI is InChI=1S/C15H27NS/c1-5-6-7-8-9-15-13(4)14(11-17-15)10-16-12(2)3/h11-12,16H,5-10H2,1-4H3. The summed E-state index contributed by atoms with van der Waals surface area (Å²) in [6.45, 7) is 9.98. The van der Waals surface area contributed by atoms with Crippen molar-refractivity contribution < 1.29 is 0 Å². The van der Waals surface area contributed by atoms with Crippen molar-refractivity contribution in [1.29, 1.82) is 0 Å². The van der Waals surface area contributed by atoms with Crippen molar-refractivity contribution in [2.75, 3.05) is 0 Å². The van der Waals surface area contributed by atoms with Crippen LogP contribution >= 0.6 is 11.3 Å². The van der Waals surface area contributed by atoms with E-state index in [2.05, 4.69) is 38.4 Å². The number of aryl methyl sites for hydroxylation is 1. The quantitative estimate of drug-likeness (QED) is 0.663. The molecule has 0 fully saturated rings. The maximum absolute atomic E-state index is 3.50. The molecule has 1 aromatic heterocycles. The molecule has 0 aliphatic heterocycles. The van der Waals surface area contributed by atoms with Crippen LogP contribution in [0.4, 0.5) is 0 Å². The molecule has 1 N–H and O–H groups in total. The molecule has 1 rings (SSSR count). The zero-order chi connectivity index (χ0) is 12.7. The summed E-state index contributed by atoms with van der Waals surface area (Å²) in [4.78, 5) is 1.60. The number of hydrogen-bond acceptors (Lipinski definition) is 2. The summed E-state index contributed by atoms with van der Waals surface area (Å²) in [6.07, 6.45) is 6.72. The van der Waals surface area contributed by atoms with Crippen LogP contribution in [0.1, 0.15) is 62.5 Å². The molecule has 0 aliphatic rings. The highest BCUT2D eigenvalue weighted by molar-refractivity contribution is 7.10. The predicted molar refractivity (Wildman–Crippen MR) is 78.9 cm³/mol. The van der Waals surface area contributed by atoms with E-state index in [1.165, 1.54) is 43.2 Å². The summed E-state index contributed by atoms with van der Waals surface area (Å²) in [5.74, 6) is 0. The lowest BCUT2D eigenvalue weighted by Gasteiger charge is -2.08. The van der Waals surface area contributed by atoms with Crippen molar-refractivity contribution in [3.05, 3.63) is 21.4 Å². The van der Waals surface area contributed by atoms with Crippen LogP contribution in [0.25, 0.3) is 0 Å². The van der Waals surface area contributed by atoms with Crippen LogP contribution in [0, 0.1) is 6.92 Å². The van der Waals surface area contributed by atoms with E-state index in [1.54, 1.807) is 4.88 Å². The molecule has 0 aromatic carbocycles. The van der Waals surface area contributed by atoms with E-state index in [1.807, 2.05) is 11.3 Å². The van der Waals surface area contributed by atoms with Crippen LogP contribution < -0.4 is 5.32 Å². The number of unbranched alkanes of at least 4 members (excludes halogenated alkanes) is 3. The Bertz CT molecular complexity index is 315. The van der Waals surface area contributed by atoms with Gasteiger partial charge < -0.3 is 5.32 Å². The lowest BCUT2D eigenvalue weighted by Crippen LogP contribution is -2.21. The van der Waals surface area contributed by atoms with Crippen molar-refractivity contribution in [3.63, 3.8) is 0 Å². The molecule has 0 unspecified atom stereocenters. The number of rotatable bonds is 8. The average molecular weight is 253 g/mol. The van der Waals surface area contributed by atoms with Crippen LogP contribution in [0.3, 0.4) is 0 Å². The van der Waals surface area contributed by atoms with Crippen LogP contribution in [-0.4, -0.2) is 6.04 Å². The van der Waals surface area contributed by atoms with Gasteiger partial charge in [0.25, 0.3) is 0 Å². The van der Waals surface area contributed by atoms with Gasteiger partial charge in [0.1, 0.15) is 0 Å². The molecule has 2 heteroatoms. The molecule has 0 bridgehead atoms. The van der Waals surface area contributed by atoms with E-state index < -0.39 is 0 Å². The molecule has 0 aliphatic carbocycles. The van der Waals surface area contributed by atoms with Gasteiger partial charge in [-0.15, -0.1) is 11.3 Å². The van der Waals surface area contributed by atoms with Crippen LogP contribution in [0.5, 0.6) is 0 Å². The Kier molecular flexibility index (Phi) is 6.83. The van der Waals surface area contributed by atoms with E-state index in [4.69, 9.17) is 0 Å². The molecule has 0 saturated carbocycles. The van der Waals surface area contributed by atoms with E-state index in [-0.39, 0.29) is 0 Å². The third-order valence-corrected chi connectivity index (χ3v) is 4.40. The fourth-order valence-electron chi connectivity index (χ4n) is 1.95. The SMILES string of the molecule is CCCCCCc1scc(CNC(C)C)c1C. The maximum Gasteiger partial charge on any atom is 0.0218 e. The van der Waals surface area contributed by atoms with Crippen molar-refractivity contribution >= 4 is 11.3 Å². The van der Waals surface area contributed by atoms with Gasteiger partial charge in [-0.3, -0.25) is 0 Å². The number of thiophene rings is 1. The van der Waals surface area contributed by atoms with Gasteiger partial charge >= 0.3 is 0 Å². The molecule has 1 aromatic rings. The zero-order valence-corrected chi connectivity index (χ0v) is 12.6. The fraction of sp³-hybridized carbons (Fsp3) is 0.733. The van der Waals surface area contributed by atoms with Gasteiger partial charge in [-0.1, -0.05) is 40.0 Å². The molecule has 0 spiro atoms. The minimum Gasteiger partial charge on any atom is -0.310 e. The van der Waals surface area contributed by atoms with Crippen LogP contribution in [0.2, 0.25) is 0 Å². The lowest BCUT2D eigenvalue weighted by atomic mass is 10.1. The van der Waals surface area contributed by atoms with E-state index >= 15 is 0 Å². The average Bonchev–Trinajstić information content (AvgIpc) is 2.63. The number of hydrogen-bond donors (Lipinski definition) is 1. The second kappa shape index (κ2) is 7.88. The molecule has 1 nitrogen and oxygen atoms in total. The van der Waals surface area contributed by atoms with Gasteiger partial charge in [0.2, 0.25) is 0 Å². The third kappa shape index (κ3) is 5.22. The Morgan fingerprint density at radius 1 is 1.24 bits per heavy atom. The molecular weight excluding hydrogens is 226 g/mol. The predicted octanol–water partition coefficient (Wildman–Crippen LogP) is 4.68. The Labute approximate surface area is 111 Å². The highest BCUT2D eigenvalue weighted by atomic mass is 32.1. The Morgan fingerprint density at radius 2 is 2.00 bits per heavy atom.